The predicted molar refractivity (Wildman–Crippen MR) is 171 cm³/mol. The molecule has 0 saturated carbocycles. The van der Waals surface area contributed by atoms with Crippen molar-refractivity contribution in [1.82, 2.24) is 9.13 Å². The van der Waals surface area contributed by atoms with Gasteiger partial charge >= 0.3 is 0 Å². The minimum atomic E-state index is 1.03. The maximum absolute atomic E-state index is 2.53. The number of para-hydroxylation sites is 4. The van der Waals surface area contributed by atoms with Crippen LogP contribution >= 0.6 is 0 Å². The lowest BCUT2D eigenvalue weighted by Crippen LogP contribution is -2.06. The van der Waals surface area contributed by atoms with Gasteiger partial charge < -0.3 is 9.13 Å². The standard InChI is InChI=1S/C38H36N2/c1-27-23-24-28(2)30(18-12-26-40-37-21-9-5-15-33(37)34-16-6-10-22-38(34)40)29(27)17-11-25-39-35-19-7-3-13-31(35)32-14-4-8-20-36(32)39/h3-10,13-16,19-24H,11-12,17-18,25-26H2,1-2H3. The average molecular weight is 521 g/mol. The van der Waals surface area contributed by atoms with Gasteiger partial charge in [-0.1, -0.05) is 84.9 Å². The van der Waals surface area contributed by atoms with Gasteiger partial charge in [-0.15, -0.1) is 0 Å². The molecule has 0 aliphatic heterocycles. The van der Waals surface area contributed by atoms with Gasteiger partial charge in [0.25, 0.3) is 0 Å². The molecule has 0 bridgehead atoms. The van der Waals surface area contributed by atoms with E-state index in [4.69, 9.17) is 0 Å². The molecular formula is C38H36N2. The van der Waals surface area contributed by atoms with Crippen LogP contribution in [-0.2, 0) is 25.9 Å². The van der Waals surface area contributed by atoms with Crippen LogP contribution in [0.25, 0.3) is 43.6 Å². The Kier molecular flexibility index (Phi) is 6.40. The fourth-order valence-corrected chi connectivity index (χ4v) is 6.94. The molecule has 2 heteroatoms. The van der Waals surface area contributed by atoms with Crippen molar-refractivity contribution in [3.8, 4) is 0 Å². The number of nitrogens with zero attached hydrogens (tertiary/aromatic N) is 2. The van der Waals surface area contributed by atoms with Crippen molar-refractivity contribution in [2.45, 2.75) is 52.6 Å². The van der Waals surface area contributed by atoms with Crippen LogP contribution in [0, 0.1) is 13.8 Å². The second-order valence-corrected chi connectivity index (χ2v) is 11.2. The molecule has 5 aromatic carbocycles. The molecule has 40 heavy (non-hydrogen) atoms. The lowest BCUT2D eigenvalue weighted by molar-refractivity contribution is 0.655. The molecule has 2 heterocycles. The Morgan fingerprint density at radius 2 is 0.700 bits per heavy atom. The Labute approximate surface area is 236 Å². The SMILES string of the molecule is Cc1ccc(C)c(CCCn2c3ccccc3c3ccccc32)c1CCCn1c2ccccc2c2ccccc21. The highest BCUT2D eigenvalue weighted by Crippen LogP contribution is 2.31. The fraction of sp³-hybridized carbons (Fsp3) is 0.211. The third-order valence-electron chi connectivity index (χ3n) is 8.88. The minimum Gasteiger partial charge on any atom is -0.340 e. The van der Waals surface area contributed by atoms with Crippen LogP contribution in [0.4, 0.5) is 0 Å². The molecule has 0 unspecified atom stereocenters. The Morgan fingerprint density at radius 3 is 1.02 bits per heavy atom. The molecule has 0 aliphatic rings. The third kappa shape index (κ3) is 4.19. The van der Waals surface area contributed by atoms with Gasteiger partial charge in [-0.2, -0.15) is 0 Å². The number of hydrogen-bond acceptors (Lipinski definition) is 0. The number of benzene rings is 5. The summed E-state index contributed by atoms with van der Waals surface area (Å²) in [6.07, 6.45) is 4.48. The molecule has 0 fully saturated rings. The highest BCUT2D eigenvalue weighted by atomic mass is 15.0. The van der Waals surface area contributed by atoms with Crippen molar-refractivity contribution in [2.24, 2.45) is 0 Å². The first-order chi connectivity index (χ1) is 19.7. The summed E-state index contributed by atoms with van der Waals surface area (Å²) in [6.45, 7) is 6.65. The summed E-state index contributed by atoms with van der Waals surface area (Å²) in [4.78, 5) is 0. The van der Waals surface area contributed by atoms with Crippen LogP contribution in [0.15, 0.2) is 109 Å². The second kappa shape index (κ2) is 10.4. The van der Waals surface area contributed by atoms with Gasteiger partial charge in [-0.05, 0) is 86.1 Å². The summed E-state index contributed by atoms with van der Waals surface area (Å²) >= 11 is 0. The lowest BCUT2D eigenvalue weighted by atomic mass is 9.91. The van der Waals surface area contributed by atoms with E-state index in [-0.39, 0.29) is 0 Å². The van der Waals surface area contributed by atoms with Crippen LogP contribution in [0.2, 0.25) is 0 Å². The minimum absolute atomic E-state index is 1.03. The van der Waals surface area contributed by atoms with Crippen molar-refractivity contribution in [2.75, 3.05) is 0 Å². The van der Waals surface area contributed by atoms with Gasteiger partial charge in [0.15, 0.2) is 0 Å². The van der Waals surface area contributed by atoms with E-state index in [2.05, 4.69) is 132 Å². The highest BCUT2D eigenvalue weighted by Gasteiger charge is 2.14. The van der Waals surface area contributed by atoms with Gasteiger partial charge in [-0.3, -0.25) is 0 Å². The van der Waals surface area contributed by atoms with E-state index in [1.165, 1.54) is 54.7 Å². The van der Waals surface area contributed by atoms with Crippen LogP contribution in [0.3, 0.4) is 0 Å². The molecule has 0 spiro atoms. The molecular weight excluding hydrogens is 484 g/mol. The number of aryl methyl sites for hydroxylation is 4. The predicted octanol–water partition coefficient (Wildman–Crippen LogP) is 9.78. The van der Waals surface area contributed by atoms with E-state index in [0.29, 0.717) is 0 Å². The summed E-state index contributed by atoms with van der Waals surface area (Å²) in [6, 6.07) is 40.0. The van der Waals surface area contributed by atoms with E-state index >= 15 is 0 Å². The van der Waals surface area contributed by atoms with Crippen LogP contribution in [0.5, 0.6) is 0 Å². The Bertz CT molecular complexity index is 1730. The van der Waals surface area contributed by atoms with Gasteiger partial charge in [0.1, 0.15) is 0 Å². The Balaban J connectivity index is 1.13. The smallest absolute Gasteiger partial charge is 0.0491 e. The molecule has 2 nitrogen and oxygen atoms in total. The topological polar surface area (TPSA) is 9.86 Å². The molecule has 0 N–H and O–H groups in total. The first-order valence-electron chi connectivity index (χ1n) is 14.7. The van der Waals surface area contributed by atoms with E-state index in [9.17, 15) is 0 Å². The summed E-state index contributed by atoms with van der Waals surface area (Å²) in [7, 11) is 0. The zero-order valence-corrected chi connectivity index (χ0v) is 23.5. The first-order valence-corrected chi connectivity index (χ1v) is 14.7. The molecule has 0 aliphatic carbocycles. The van der Waals surface area contributed by atoms with Crippen LogP contribution < -0.4 is 0 Å². The highest BCUT2D eigenvalue weighted by molar-refractivity contribution is 6.08. The summed E-state index contributed by atoms with van der Waals surface area (Å²) < 4.78 is 5.05. The summed E-state index contributed by atoms with van der Waals surface area (Å²) in [5.74, 6) is 0. The number of fused-ring (bicyclic) bond motifs is 6. The molecule has 0 amide bonds. The molecule has 0 saturated heterocycles. The van der Waals surface area contributed by atoms with Crippen LogP contribution in [0.1, 0.15) is 35.1 Å². The van der Waals surface area contributed by atoms with Crippen molar-refractivity contribution < 1.29 is 0 Å². The van der Waals surface area contributed by atoms with Gasteiger partial charge in [0, 0.05) is 56.7 Å². The molecule has 0 atom stereocenters. The molecule has 7 aromatic rings. The normalized spacial score (nSPS) is 11.8. The zero-order chi connectivity index (χ0) is 27.1. The summed E-state index contributed by atoms with van der Waals surface area (Å²) in [5.41, 5.74) is 11.4. The monoisotopic (exact) mass is 520 g/mol. The molecule has 7 rings (SSSR count). The van der Waals surface area contributed by atoms with E-state index < -0.39 is 0 Å². The second-order valence-electron chi connectivity index (χ2n) is 11.2. The van der Waals surface area contributed by atoms with Gasteiger partial charge in [0.2, 0.25) is 0 Å². The van der Waals surface area contributed by atoms with E-state index in [1.807, 2.05) is 0 Å². The Hall–Kier alpha value is -4.30. The van der Waals surface area contributed by atoms with Crippen LogP contribution in [-0.4, -0.2) is 9.13 Å². The fourth-order valence-electron chi connectivity index (χ4n) is 6.94. The maximum Gasteiger partial charge on any atom is 0.0491 e. The number of rotatable bonds is 8. The average Bonchev–Trinajstić information content (AvgIpc) is 3.49. The Morgan fingerprint density at radius 1 is 0.400 bits per heavy atom. The number of aromatic nitrogens is 2. The molecule has 198 valence electrons. The lowest BCUT2D eigenvalue weighted by Gasteiger charge is -2.17. The van der Waals surface area contributed by atoms with Gasteiger partial charge in [0.05, 0.1) is 0 Å². The first kappa shape index (κ1) is 24.7. The van der Waals surface area contributed by atoms with Crippen molar-refractivity contribution in [1.29, 1.82) is 0 Å². The molecule has 2 aromatic heterocycles. The van der Waals surface area contributed by atoms with Gasteiger partial charge in [-0.25, -0.2) is 0 Å². The quantitative estimate of drug-likeness (QED) is 0.189. The third-order valence-corrected chi connectivity index (χ3v) is 8.88. The van der Waals surface area contributed by atoms with E-state index in [0.717, 1.165) is 38.8 Å². The van der Waals surface area contributed by atoms with Crippen molar-refractivity contribution in [3.63, 3.8) is 0 Å². The van der Waals surface area contributed by atoms with E-state index in [1.54, 1.807) is 11.1 Å². The summed E-state index contributed by atoms with van der Waals surface area (Å²) in [5, 5.41) is 5.43. The maximum atomic E-state index is 2.53. The zero-order valence-electron chi connectivity index (χ0n) is 23.5. The number of hydrogen-bond donors (Lipinski definition) is 0. The van der Waals surface area contributed by atoms with Crippen molar-refractivity contribution >= 4 is 43.6 Å². The molecule has 0 radical (unpaired) electrons. The largest absolute Gasteiger partial charge is 0.340 e. The van der Waals surface area contributed by atoms with Crippen molar-refractivity contribution in [3.05, 3.63) is 131 Å².